The summed E-state index contributed by atoms with van der Waals surface area (Å²) in [6, 6.07) is 5.91. The van der Waals surface area contributed by atoms with Gasteiger partial charge in [-0.3, -0.25) is 0 Å². The molecule has 0 aliphatic heterocycles. The lowest BCUT2D eigenvalue weighted by molar-refractivity contribution is 0.178. The number of nitrogens with one attached hydrogen (secondary N) is 1. The molecule has 0 aliphatic carbocycles. The molecule has 2 rings (SSSR count). The van der Waals surface area contributed by atoms with Crippen LogP contribution in [0.15, 0.2) is 18.2 Å². The van der Waals surface area contributed by atoms with Gasteiger partial charge >= 0.3 is 0 Å². The molecule has 67 valence electrons. The summed E-state index contributed by atoms with van der Waals surface area (Å²) in [6.07, 6.45) is 0. The summed E-state index contributed by atoms with van der Waals surface area (Å²) < 4.78 is 4.93. The Balaban J connectivity index is 2.67. The number of aromatic amines is 1. The van der Waals surface area contributed by atoms with Crippen molar-refractivity contribution >= 4 is 11.0 Å². The molecule has 0 bridgehead atoms. The van der Waals surface area contributed by atoms with Gasteiger partial charge in [-0.2, -0.15) is 4.98 Å². The van der Waals surface area contributed by atoms with Crippen LogP contribution in [0.5, 0.6) is 6.01 Å². The van der Waals surface area contributed by atoms with Gasteiger partial charge in [0, 0.05) is 5.56 Å². The molecule has 0 amide bonds. The van der Waals surface area contributed by atoms with Crippen LogP contribution in [0.4, 0.5) is 0 Å². The first-order chi connectivity index (χ1) is 6.35. The molecule has 4 heteroatoms. The quantitative estimate of drug-likeness (QED) is 0.755. The third kappa shape index (κ3) is 1.25. The molecule has 4 nitrogen and oxygen atoms in total. The second-order valence-corrected chi connectivity index (χ2v) is 2.70. The fourth-order valence-electron chi connectivity index (χ4n) is 1.28. The fourth-order valence-corrected chi connectivity index (χ4v) is 1.28. The number of methoxy groups -OCH3 is 1. The number of hydrogen-bond donors (Lipinski definition) is 1. The highest BCUT2D eigenvalue weighted by Gasteiger charge is 2.05. The summed E-state index contributed by atoms with van der Waals surface area (Å²) >= 11 is 0. The molecule has 2 aromatic rings. The summed E-state index contributed by atoms with van der Waals surface area (Å²) in [6.45, 7) is -0.259. The van der Waals surface area contributed by atoms with E-state index in [-0.39, 0.29) is 6.61 Å². The second kappa shape index (κ2) is 3.06. The highest BCUT2D eigenvalue weighted by atomic mass is 16.5. The molecule has 0 saturated heterocycles. The maximum Gasteiger partial charge on any atom is 0.294 e. The van der Waals surface area contributed by atoms with E-state index in [4.69, 9.17) is 4.74 Å². The number of imidazole rings is 1. The Hall–Kier alpha value is -1.55. The van der Waals surface area contributed by atoms with Crippen LogP contribution in [0.1, 0.15) is 5.56 Å². The van der Waals surface area contributed by atoms with Crippen LogP contribution < -0.4 is 4.74 Å². The zero-order chi connectivity index (χ0) is 9.26. The Bertz CT molecular complexity index is 422. The minimum atomic E-state index is -0.259. The maximum absolute atomic E-state index is 10.7. The second-order valence-electron chi connectivity index (χ2n) is 2.70. The molecule has 0 spiro atoms. The molecule has 0 aliphatic rings. The van der Waals surface area contributed by atoms with Crippen molar-refractivity contribution in [3.8, 4) is 6.01 Å². The predicted octanol–water partition coefficient (Wildman–Crippen LogP) is 1.50. The summed E-state index contributed by atoms with van der Waals surface area (Å²) in [5.74, 6) is 0. The van der Waals surface area contributed by atoms with Gasteiger partial charge in [-0.15, -0.1) is 0 Å². The van der Waals surface area contributed by atoms with Crippen molar-refractivity contribution in [3.63, 3.8) is 0 Å². The van der Waals surface area contributed by atoms with Gasteiger partial charge in [0.05, 0.1) is 18.1 Å². The summed E-state index contributed by atoms with van der Waals surface area (Å²) in [4.78, 5) is 7.07. The average molecular weight is 177 g/mol. The lowest BCUT2D eigenvalue weighted by atomic mass is 10.2. The van der Waals surface area contributed by atoms with Crippen LogP contribution in [0.25, 0.3) is 11.0 Å². The third-order valence-corrected chi connectivity index (χ3v) is 1.92. The highest BCUT2D eigenvalue weighted by molar-refractivity contribution is 5.79. The molecule has 1 aromatic heterocycles. The van der Waals surface area contributed by atoms with Crippen LogP contribution >= 0.6 is 0 Å². The van der Waals surface area contributed by atoms with Crippen LogP contribution in [-0.4, -0.2) is 17.1 Å². The van der Waals surface area contributed by atoms with E-state index < -0.39 is 0 Å². The van der Waals surface area contributed by atoms with Gasteiger partial charge in [-0.05, 0) is 6.07 Å². The lowest BCUT2D eigenvalue weighted by Gasteiger charge is -1.93. The predicted molar refractivity (Wildman–Crippen MR) is 47.0 cm³/mol. The number of benzene rings is 1. The number of hydrogen-bond acceptors (Lipinski definition) is 2. The normalized spacial score (nSPS) is 10.6. The minimum absolute atomic E-state index is 0.259. The van der Waals surface area contributed by atoms with Gasteiger partial charge < -0.3 is 9.72 Å². The Morgan fingerprint density at radius 2 is 2.38 bits per heavy atom. The lowest BCUT2D eigenvalue weighted by Crippen LogP contribution is -1.84. The Morgan fingerprint density at radius 3 is 3.08 bits per heavy atom. The molecule has 0 fully saturated rings. The average Bonchev–Trinajstić information content (AvgIpc) is 2.59. The Labute approximate surface area is 75.2 Å². The molecule has 0 atom stereocenters. The molecular formula is C9H9N2O2. The first-order valence-corrected chi connectivity index (χ1v) is 3.95. The van der Waals surface area contributed by atoms with Crippen molar-refractivity contribution in [1.29, 1.82) is 0 Å². The van der Waals surface area contributed by atoms with Gasteiger partial charge in [0.15, 0.2) is 0 Å². The smallest absolute Gasteiger partial charge is 0.294 e. The van der Waals surface area contributed by atoms with Gasteiger partial charge in [0.1, 0.15) is 6.61 Å². The van der Waals surface area contributed by atoms with E-state index in [2.05, 4.69) is 9.97 Å². The van der Waals surface area contributed by atoms with Gasteiger partial charge in [0.2, 0.25) is 0 Å². The van der Waals surface area contributed by atoms with E-state index in [0.29, 0.717) is 17.1 Å². The number of rotatable bonds is 2. The van der Waals surface area contributed by atoms with E-state index in [1.54, 1.807) is 6.07 Å². The van der Waals surface area contributed by atoms with Crippen LogP contribution in [0, 0.1) is 0 Å². The summed E-state index contributed by atoms with van der Waals surface area (Å²) in [7, 11) is 1.54. The zero-order valence-electron chi connectivity index (χ0n) is 7.20. The van der Waals surface area contributed by atoms with Crippen LogP contribution in [-0.2, 0) is 11.7 Å². The number of ether oxygens (including phenoxy) is 1. The molecule has 0 unspecified atom stereocenters. The van der Waals surface area contributed by atoms with Crippen molar-refractivity contribution in [1.82, 2.24) is 9.97 Å². The zero-order valence-corrected chi connectivity index (χ0v) is 7.20. The van der Waals surface area contributed by atoms with Crippen molar-refractivity contribution < 1.29 is 9.84 Å². The summed E-state index contributed by atoms with van der Waals surface area (Å²) in [5.41, 5.74) is 2.23. The molecule has 13 heavy (non-hydrogen) atoms. The molecule has 1 N–H and O–H groups in total. The molecule has 1 radical (unpaired) electrons. The van der Waals surface area contributed by atoms with E-state index in [1.165, 1.54) is 7.11 Å². The van der Waals surface area contributed by atoms with E-state index >= 15 is 0 Å². The number of para-hydroxylation sites is 1. The standard InChI is InChI=1S/C9H9N2O2/c1-13-9-10-7-4-2-3-6(5-12)8(7)11-9/h2-4H,5H2,1H3,(H,10,11). The van der Waals surface area contributed by atoms with E-state index in [1.807, 2.05) is 12.1 Å². The van der Waals surface area contributed by atoms with Crippen molar-refractivity contribution in [3.05, 3.63) is 23.8 Å². The number of aromatic nitrogens is 2. The van der Waals surface area contributed by atoms with E-state index in [9.17, 15) is 5.11 Å². The number of H-pyrrole nitrogens is 1. The van der Waals surface area contributed by atoms with Crippen LogP contribution in [0.2, 0.25) is 0 Å². The van der Waals surface area contributed by atoms with Gasteiger partial charge in [-0.25, -0.2) is 5.11 Å². The fraction of sp³-hybridized carbons (Fsp3) is 0.222. The maximum atomic E-state index is 10.7. The topological polar surface area (TPSA) is 57.8 Å². The first kappa shape index (κ1) is 8.07. The molecule has 1 aromatic carbocycles. The summed E-state index contributed by atoms with van der Waals surface area (Å²) in [5, 5.41) is 10.7. The monoisotopic (exact) mass is 177 g/mol. The van der Waals surface area contributed by atoms with Gasteiger partial charge in [0.25, 0.3) is 6.01 Å². The Kier molecular flexibility index (Phi) is 1.90. The molecular weight excluding hydrogens is 168 g/mol. The molecule has 0 saturated carbocycles. The highest BCUT2D eigenvalue weighted by Crippen LogP contribution is 2.19. The first-order valence-electron chi connectivity index (χ1n) is 3.95. The van der Waals surface area contributed by atoms with E-state index in [0.717, 1.165) is 5.52 Å². The number of fused-ring (bicyclic) bond motifs is 1. The van der Waals surface area contributed by atoms with Crippen molar-refractivity contribution in [2.24, 2.45) is 0 Å². The SMILES string of the molecule is COc1nc2c(C[O])cccc2[nH]1. The van der Waals surface area contributed by atoms with Crippen molar-refractivity contribution in [2.75, 3.05) is 7.11 Å². The number of nitrogens with zero attached hydrogens (tertiary/aromatic N) is 1. The minimum Gasteiger partial charge on any atom is -0.468 e. The van der Waals surface area contributed by atoms with Gasteiger partial charge in [-0.1, -0.05) is 12.1 Å². The Morgan fingerprint density at radius 1 is 1.54 bits per heavy atom. The van der Waals surface area contributed by atoms with Crippen molar-refractivity contribution in [2.45, 2.75) is 6.61 Å². The molecule has 1 heterocycles. The third-order valence-electron chi connectivity index (χ3n) is 1.92. The largest absolute Gasteiger partial charge is 0.468 e. The van der Waals surface area contributed by atoms with Crippen LogP contribution in [0.3, 0.4) is 0 Å².